The number of sulfone groups is 1. The van der Waals surface area contributed by atoms with Gasteiger partial charge >= 0.3 is 5.97 Å². The van der Waals surface area contributed by atoms with Gasteiger partial charge in [-0.15, -0.1) is 0 Å². The number of esters is 1. The zero-order valence-electron chi connectivity index (χ0n) is 14.9. The van der Waals surface area contributed by atoms with Crippen LogP contribution in [0, 0.1) is 0 Å². The first kappa shape index (κ1) is 20.5. The Labute approximate surface area is 158 Å². The zero-order chi connectivity index (χ0) is 19.5. The van der Waals surface area contributed by atoms with Crippen LogP contribution in [-0.2, 0) is 30.6 Å². The molecular formula is C17H22ClNO6S. The lowest BCUT2D eigenvalue weighted by Crippen LogP contribution is -2.44. The Morgan fingerprint density at radius 3 is 2.65 bits per heavy atom. The fraction of sp³-hybridized carbons (Fsp3) is 0.529. The average Bonchev–Trinajstić information content (AvgIpc) is 2.93. The average molecular weight is 404 g/mol. The van der Waals surface area contributed by atoms with E-state index in [4.69, 9.17) is 21.1 Å². The zero-order valence-corrected chi connectivity index (χ0v) is 16.5. The minimum atomic E-state index is -3.10. The molecule has 1 fully saturated rings. The van der Waals surface area contributed by atoms with Crippen molar-refractivity contribution in [2.75, 3.05) is 25.7 Å². The minimum absolute atomic E-state index is 0.0599. The lowest BCUT2D eigenvalue weighted by molar-refractivity contribution is -0.158. The van der Waals surface area contributed by atoms with Crippen LogP contribution in [0.1, 0.15) is 18.9 Å². The summed E-state index contributed by atoms with van der Waals surface area (Å²) in [4.78, 5) is 25.9. The predicted molar refractivity (Wildman–Crippen MR) is 97.1 cm³/mol. The standard InChI is InChI=1S/C17H22ClNO6S/c1-11(17(21)19(2)14-6-7-26(22,23)10-14)25-16(20)9-12-8-13(18)4-5-15(12)24-3/h4-5,8,11,14H,6-7,9-10H2,1-3H3/t11-,14+/m1/s1. The second-order valence-electron chi connectivity index (χ2n) is 6.27. The molecule has 9 heteroatoms. The van der Waals surface area contributed by atoms with Crippen molar-refractivity contribution in [2.45, 2.75) is 31.9 Å². The number of carbonyl (C=O) groups is 2. The Kier molecular flexibility index (Phi) is 6.52. The number of methoxy groups -OCH3 is 1. The van der Waals surface area contributed by atoms with Crippen LogP contribution in [0.3, 0.4) is 0 Å². The second-order valence-corrected chi connectivity index (χ2v) is 8.94. The highest BCUT2D eigenvalue weighted by Crippen LogP contribution is 2.23. The molecule has 1 saturated heterocycles. The summed E-state index contributed by atoms with van der Waals surface area (Å²) in [6.07, 6.45) is -0.714. The molecule has 2 rings (SSSR count). The van der Waals surface area contributed by atoms with Crippen LogP contribution in [-0.4, -0.2) is 63.0 Å². The van der Waals surface area contributed by atoms with Gasteiger partial charge in [-0.2, -0.15) is 0 Å². The smallest absolute Gasteiger partial charge is 0.311 e. The van der Waals surface area contributed by atoms with Gasteiger partial charge in [0.1, 0.15) is 5.75 Å². The summed E-state index contributed by atoms with van der Waals surface area (Å²) >= 11 is 5.93. The molecule has 0 saturated carbocycles. The van der Waals surface area contributed by atoms with E-state index >= 15 is 0 Å². The number of hydrogen-bond donors (Lipinski definition) is 0. The van der Waals surface area contributed by atoms with Crippen LogP contribution >= 0.6 is 11.6 Å². The van der Waals surface area contributed by atoms with Gasteiger partial charge in [-0.1, -0.05) is 11.6 Å². The Bertz CT molecular complexity index is 794. The summed E-state index contributed by atoms with van der Waals surface area (Å²) in [6, 6.07) is 4.50. The van der Waals surface area contributed by atoms with Crippen LogP contribution < -0.4 is 4.74 Å². The van der Waals surface area contributed by atoms with Gasteiger partial charge in [0.2, 0.25) is 0 Å². The highest BCUT2D eigenvalue weighted by molar-refractivity contribution is 7.91. The molecule has 1 heterocycles. The van der Waals surface area contributed by atoms with E-state index in [9.17, 15) is 18.0 Å². The first-order valence-electron chi connectivity index (χ1n) is 8.12. The lowest BCUT2D eigenvalue weighted by atomic mass is 10.1. The number of rotatable bonds is 6. The van der Waals surface area contributed by atoms with Gasteiger partial charge < -0.3 is 14.4 Å². The number of hydrogen-bond acceptors (Lipinski definition) is 6. The molecule has 0 radical (unpaired) electrons. The highest BCUT2D eigenvalue weighted by atomic mass is 35.5. The van der Waals surface area contributed by atoms with Gasteiger partial charge in [0.25, 0.3) is 5.91 Å². The summed E-state index contributed by atoms with van der Waals surface area (Å²) < 4.78 is 33.5. The van der Waals surface area contributed by atoms with E-state index in [2.05, 4.69) is 0 Å². The van der Waals surface area contributed by atoms with Crippen LogP contribution in [0.2, 0.25) is 5.02 Å². The third kappa shape index (κ3) is 5.11. The monoisotopic (exact) mass is 403 g/mol. The molecule has 26 heavy (non-hydrogen) atoms. The van der Waals surface area contributed by atoms with E-state index in [1.54, 1.807) is 18.2 Å². The highest BCUT2D eigenvalue weighted by Gasteiger charge is 2.34. The van der Waals surface area contributed by atoms with Crippen molar-refractivity contribution in [2.24, 2.45) is 0 Å². The van der Waals surface area contributed by atoms with Crippen molar-refractivity contribution in [1.82, 2.24) is 4.90 Å². The molecule has 0 bridgehead atoms. The maximum atomic E-state index is 12.4. The Morgan fingerprint density at radius 2 is 2.08 bits per heavy atom. The Hall–Kier alpha value is -1.80. The van der Waals surface area contributed by atoms with Crippen molar-refractivity contribution in [3.8, 4) is 5.75 Å². The normalized spacial score (nSPS) is 19.6. The number of ether oxygens (including phenoxy) is 2. The molecule has 144 valence electrons. The molecule has 1 aliphatic heterocycles. The van der Waals surface area contributed by atoms with Crippen molar-refractivity contribution in [1.29, 1.82) is 0 Å². The van der Waals surface area contributed by atoms with Crippen molar-refractivity contribution in [3.05, 3.63) is 28.8 Å². The molecule has 1 aliphatic rings. The minimum Gasteiger partial charge on any atom is -0.496 e. The fourth-order valence-corrected chi connectivity index (χ4v) is 4.85. The molecule has 2 atom stereocenters. The van der Waals surface area contributed by atoms with E-state index in [1.807, 2.05) is 0 Å². The number of nitrogens with zero attached hydrogens (tertiary/aromatic N) is 1. The molecule has 0 aromatic heterocycles. The number of carbonyl (C=O) groups excluding carboxylic acids is 2. The molecule has 0 N–H and O–H groups in total. The van der Waals surface area contributed by atoms with Crippen molar-refractivity contribution < 1.29 is 27.5 Å². The third-order valence-corrected chi connectivity index (χ3v) is 6.32. The lowest BCUT2D eigenvalue weighted by Gasteiger charge is -2.26. The van der Waals surface area contributed by atoms with Crippen LogP contribution in [0.5, 0.6) is 5.75 Å². The predicted octanol–water partition coefficient (Wildman–Crippen LogP) is 1.47. The first-order chi connectivity index (χ1) is 12.1. The second kappa shape index (κ2) is 8.26. The largest absolute Gasteiger partial charge is 0.496 e. The first-order valence-corrected chi connectivity index (χ1v) is 10.3. The molecule has 0 spiro atoms. The van der Waals surface area contributed by atoms with Gasteiger partial charge in [0.15, 0.2) is 15.9 Å². The maximum absolute atomic E-state index is 12.4. The van der Waals surface area contributed by atoms with E-state index < -0.39 is 27.8 Å². The summed E-state index contributed by atoms with van der Waals surface area (Å²) in [5.74, 6) is -0.524. The van der Waals surface area contributed by atoms with Gasteiger partial charge in [-0.3, -0.25) is 9.59 Å². The van der Waals surface area contributed by atoms with E-state index in [-0.39, 0.29) is 24.0 Å². The maximum Gasteiger partial charge on any atom is 0.311 e. The van der Waals surface area contributed by atoms with Crippen LogP contribution in [0.15, 0.2) is 18.2 Å². The van der Waals surface area contributed by atoms with Gasteiger partial charge in [0, 0.05) is 23.7 Å². The molecule has 1 amide bonds. The van der Waals surface area contributed by atoms with Gasteiger partial charge in [0.05, 0.1) is 25.0 Å². The van der Waals surface area contributed by atoms with Gasteiger partial charge in [-0.25, -0.2) is 8.42 Å². The number of benzene rings is 1. The number of halogens is 1. The molecule has 0 aliphatic carbocycles. The Balaban J connectivity index is 1.96. The topological polar surface area (TPSA) is 90.0 Å². The molecule has 0 unspecified atom stereocenters. The summed E-state index contributed by atoms with van der Waals surface area (Å²) in [5.41, 5.74) is 0.555. The fourth-order valence-electron chi connectivity index (χ4n) is 2.88. The summed E-state index contributed by atoms with van der Waals surface area (Å²) in [7, 11) is -0.0963. The summed E-state index contributed by atoms with van der Waals surface area (Å²) in [6.45, 7) is 1.47. The van der Waals surface area contributed by atoms with Crippen molar-refractivity contribution in [3.63, 3.8) is 0 Å². The Morgan fingerprint density at radius 1 is 1.38 bits per heavy atom. The van der Waals surface area contributed by atoms with Crippen LogP contribution in [0.25, 0.3) is 0 Å². The van der Waals surface area contributed by atoms with Crippen LogP contribution in [0.4, 0.5) is 0 Å². The molecule has 1 aromatic carbocycles. The van der Waals surface area contributed by atoms with E-state index in [1.165, 1.54) is 26.0 Å². The third-order valence-electron chi connectivity index (χ3n) is 4.34. The number of likely N-dealkylation sites (N-methyl/N-ethyl adjacent to an activating group) is 1. The molecule has 7 nitrogen and oxygen atoms in total. The molecular weight excluding hydrogens is 382 g/mol. The summed E-state index contributed by atoms with van der Waals surface area (Å²) in [5, 5.41) is 0.458. The van der Waals surface area contributed by atoms with E-state index in [0.29, 0.717) is 22.8 Å². The molecule has 1 aromatic rings. The SMILES string of the molecule is COc1ccc(Cl)cc1CC(=O)O[C@H](C)C(=O)N(C)[C@H]1CCS(=O)(=O)C1. The number of amides is 1. The van der Waals surface area contributed by atoms with E-state index in [0.717, 1.165) is 0 Å². The quantitative estimate of drug-likeness (QED) is 0.668. The van der Waals surface area contributed by atoms with Gasteiger partial charge in [-0.05, 0) is 31.5 Å². The van der Waals surface area contributed by atoms with Crippen molar-refractivity contribution >= 4 is 33.3 Å².